The standard InChI is InChI=1S/C21H16Cl2O2/c22-18-8-4-16(5-9-18)21(17-6-10-19(23)11-7-17)20-14(12-24)2-1-3-15(20)13-25-21/h1-11,24H,12-13H2. The monoisotopic (exact) mass is 370 g/mol. The molecule has 1 N–H and O–H groups in total. The van der Waals surface area contributed by atoms with Gasteiger partial charge in [0.25, 0.3) is 0 Å². The van der Waals surface area contributed by atoms with Gasteiger partial charge in [0, 0.05) is 15.6 Å². The third-order valence-corrected chi connectivity index (χ3v) is 5.21. The summed E-state index contributed by atoms with van der Waals surface area (Å²) in [6.07, 6.45) is 0. The highest BCUT2D eigenvalue weighted by Crippen LogP contribution is 2.48. The molecule has 3 aromatic carbocycles. The molecule has 0 radical (unpaired) electrons. The minimum absolute atomic E-state index is 0.0462. The largest absolute Gasteiger partial charge is 0.392 e. The lowest BCUT2D eigenvalue weighted by atomic mass is 9.78. The Morgan fingerprint density at radius 3 is 1.92 bits per heavy atom. The summed E-state index contributed by atoms with van der Waals surface area (Å²) in [7, 11) is 0. The number of benzene rings is 3. The quantitative estimate of drug-likeness (QED) is 0.676. The highest BCUT2D eigenvalue weighted by molar-refractivity contribution is 6.30. The van der Waals surface area contributed by atoms with Gasteiger partial charge in [0.1, 0.15) is 5.60 Å². The van der Waals surface area contributed by atoms with E-state index in [1.807, 2.05) is 66.7 Å². The zero-order valence-electron chi connectivity index (χ0n) is 13.4. The van der Waals surface area contributed by atoms with E-state index < -0.39 is 5.60 Å². The summed E-state index contributed by atoms with van der Waals surface area (Å²) in [6.45, 7) is 0.434. The van der Waals surface area contributed by atoms with Gasteiger partial charge in [0.05, 0.1) is 13.2 Å². The number of aliphatic hydroxyl groups excluding tert-OH is 1. The molecular formula is C21H16Cl2O2. The van der Waals surface area contributed by atoms with Crippen LogP contribution in [-0.4, -0.2) is 5.11 Å². The molecule has 0 saturated heterocycles. The molecule has 4 heteroatoms. The molecule has 0 bridgehead atoms. The number of rotatable bonds is 3. The van der Waals surface area contributed by atoms with Crippen molar-refractivity contribution in [2.75, 3.05) is 0 Å². The summed E-state index contributed by atoms with van der Waals surface area (Å²) < 4.78 is 6.41. The fourth-order valence-electron chi connectivity index (χ4n) is 3.61. The molecule has 0 amide bonds. The van der Waals surface area contributed by atoms with Crippen molar-refractivity contribution in [3.63, 3.8) is 0 Å². The predicted molar refractivity (Wildman–Crippen MR) is 99.9 cm³/mol. The Kier molecular flexibility index (Phi) is 4.30. The molecule has 1 aliphatic rings. The first-order valence-corrected chi connectivity index (χ1v) is 8.79. The molecule has 0 aromatic heterocycles. The highest BCUT2D eigenvalue weighted by Gasteiger charge is 2.44. The molecule has 0 fully saturated rings. The number of aliphatic hydroxyl groups is 1. The van der Waals surface area contributed by atoms with Gasteiger partial charge in [-0.1, -0.05) is 65.7 Å². The highest BCUT2D eigenvalue weighted by atomic mass is 35.5. The third-order valence-electron chi connectivity index (χ3n) is 4.71. The summed E-state index contributed by atoms with van der Waals surface area (Å²) in [5.74, 6) is 0. The maximum absolute atomic E-state index is 9.92. The van der Waals surface area contributed by atoms with Crippen LogP contribution in [0.3, 0.4) is 0 Å². The van der Waals surface area contributed by atoms with Crippen molar-refractivity contribution < 1.29 is 9.84 Å². The number of ether oxygens (including phenoxy) is 1. The van der Waals surface area contributed by atoms with Crippen LogP contribution in [0, 0.1) is 0 Å². The zero-order chi connectivity index (χ0) is 17.4. The normalized spacial score (nSPS) is 15.2. The first-order valence-electron chi connectivity index (χ1n) is 8.03. The van der Waals surface area contributed by atoms with Crippen molar-refractivity contribution in [2.24, 2.45) is 0 Å². The summed E-state index contributed by atoms with van der Waals surface area (Å²) in [4.78, 5) is 0. The Morgan fingerprint density at radius 2 is 1.40 bits per heavy atom. The van der Waals surface area contributed by atoms with Crippen LogP contribution in [0.5, 0.6) is 0 Å². The fourth-order valence-corrected chi connectivity index (χ4v) is 3.86. The van der Waals surface area contributed by atoms with Gasteiger partial charge in [0.2, 0.25) is 0 Å². The van der Waals surface area contributed by atoms with E-state index in [1.54, 1.807) is 0 Å². The fraction of sp³-hybridized carbons (Fsp3) is 0.143. The van der Waals surface area contributed by atoms with Crippen molar-refractivity contribution in [1.29, 1.82) is 0 Å². The van der Waals surface area contributed by atoms with Gasteiger partial charge in [0.15, 0.2) is 0 Å². The molecule has 0 aliphatic carbocycles. The minimum atomic E-state index is -0.788. The molecule has 1 heterocycles. The molecular weight excluding hydrogens is 355 g/mol. The average Bonchev–Trinajstić information content (AvgIpc) is 3.04. The molecule has 4 rings (SSSR count). The van der Waals surface area contributed by atoms with E-state index in [4.69, 9.17) is 27.9 Å². The van der Waals surface area contributed by atoms with E-state index in [0.717, 1.165) is 27.8 Å². The number of halogens is 2. The Morgan fingerprint density at radius 1 is 0.840 bits per heavy atom. The first kappa shape index (κ1) is 16.6. The molecule has 126 valence electrons. The predicted octanol–water partition coefficient (Wildman–Crippen LogP) is 5.31. The van der Waals surface area contributed by atoms with E-state index in [0.29, 0.717) is 16.7 Å². The van der Waals surface area contributed by atoms with Gasteiger partial charge in [-0.05, 0) is 46.5 Å². The van der Waals surface area contributed by atoms with Crippen molar-refractivity contribution in [2.45, 2.75) is 18.8 Å². The van der Waals surface area contributed by atoms with Crippen molar-refractivity contribution in [1.82, 2.24) is 0 Å². The van der Waals surface area contributed by atoms with E-state index in [9.17, 15) is 5.11 Å². The Hall–Kier alpha value is -1.84. The molecule has 0 saturated carbocycles. The van der Waals surface area contributed by atoms with Gasteiger partial charge in [-0.15, -0.1) is 0 Å². The van der Waals surface area contributed by atoms with Crippen LogP contribution in [0.15, 0.2) is 66.7 Å². The second-order valence-electron chi connectivity index (χ2n) is 6.09. The molecule has 0 atom stereocenters. The molecule has 25 heavy (non-hydrogen) atoms. The van der Waals surface area contributed by atoms with Gasteiger partial charge < -0.3 is 9.84 Å². The molecule has 0 unspecified atom stereocenters. The Labute approximate surface area is 156 Å². The molecule has 1 aliphatic heterocycles. The van der Waals surface area contributed by atoms with Crippen LogP contribution in [-0.2, 0) is 23.6 Å². The minimum Gasteiger partial charge on any atom is -0.392 e. The Balaban J connectivity index is 2.03. The maximum Gasteiger partial charge on any atom is 0.144 e. The zero-order valence-corrected chi connectivity index (χ0v) is 14.9. The molecule has 2 nitrogen and oxygen atoms in total. The first-order chi connectivity index (χ1) is 12.1. The lowest BCUT2D eigenvalue weighted by Gasteiger charge is -2.32. The summed E-state index contributed by atoms with van der Waals surface area (Å²) in [5.41, 5.74) is 4.10. The lowest BCUT2D eigenvalue weighted by Crippen LogP contribution is -2.29. The second-order valence-corrected chi connectivity index (χ2v) is 6.97. The number of hydrogen-bond donors (Lipinski definition) is 1. The van der Waals surface area contributed by atoms with Crippen LogP contribution in [0.1, 0.15) is 27.8 Å². The molecule has 3 aromatic rings. The van der Waals surface area contributed by atoms with Crippen molar-refractivity contribution >= 4 is 23.2 Å². The SMILES string of the molecule is OCc1cccc2c1C(c1ccc(Cl)cc1)(c1ccc(Cl)cc1)OC2. The van der Waals surface area contributed by atoms with E-state index in [-0.39, 0.29) is 6.61 Å². The topological polar surface area (TPSA) is 29.5 Å². The Bertz CT molecular complexity index is 857. The smallest absolute Gasteiger partial charge is 0.144 e. The van der Waals surface area contributed by atoms with E-state index in [1.165, 1.54) is 0 Å². The summed E-state index contributed by atoms with van der Waals surface area (Å²) in [6, 6.07) is 21.3. The van der Waals surface area contributed by atoms with Crippen molar-refractivity contribution in [3.05, 3.63) is 105 Å². The van der Waals surface area contributed by atoms with E-state index in [2.05, 4.69) is 0 Å². The maximum atomic E-state index is 9.92. The van der Waals surface area contributed by atoms with Gasteiger partial charge in [-0.3, -0.25) is 0 Å². The number of fused-ring (bicyclic) bond motifs is 1. The van der Waals surface area contributed by atoms with Crippen LogP contribution >= 0.6 is 23.2 Å². The summed E-state index contributed by atoms with van der Waals surface area (Å²) in [5, 5.41) is 11.3. The van der Waals surface area contributed by atoms with Crippen molar-refractivity contribution in [3.8, 4) is 0 Å². The number of hydrogen-bond acceptors (Lipinski definition) is 2. The van der Waals surface area contributed by atoms with Crippen LogP contribution in [0.25, 0.3) is 0 Å². The lowest BCUT2D eigenvalue weighted by molar-refractivity contribution is 0.0258. The van der Waals surface area contributed by atoms with Crippen LogP contribution in [0.2, 0.25) is 10.0 Å². The second kappa shape index (κ2) is 6.47. The molecule has 0 spiro atoms. The average molecular weight is 371 g/mol. The van der Waals surface area contributed by atoms with Gasteiger partial charge in [-0.25, -0.2) is 0 Å². The third kappa shape index (κ3) is 2.66. The van der Waals surface area contributed by atoms with E-state index >= 15 is 0 Å². The van der Waals surface area contributed by atoms with Crippen LogP contribution < -0.4 is 0 Å². The summed E-state index contributed by atoms with van der Waals surface area (Å²) >= 11 is 12.2. The van der Waals surface area contributed by atoms with Gasteiger partial charge >= 0.3 is 0 Å². The van der Waals surface area contributed by atoms with Crippen LogP contribution in [0.4, 0.5) is 0 Å². The van der Waals surface area contributed by atoms with Gasteiger partial charge in [-0.2, -0.15) is 0 Å².